The van der Waals surface area contributed by atoms with Gasteiger partial charge in [0.1, 0.15) is 4.88 Å². The molecule has 0 bridgehead atoms. The minimum atomic E-state index is -0.0288. The van der Waals surface area contributed by atoms with Crippen molar-refractivity contribution in [2.75, 3.05) is 13.2 Å². The van der Waals surface area contributed by atoms with E-state index in [0.29, 0.717) is 11.3 Å². The van der Waals surface area contributed by atoms with Crippen molar-refractivity contribution in [3.63, 3.8) is 0 Å². The summed E-state index contributed by atoms with van der Waals surface area (Å²) in [5.41, 5.74) is 0.761. The molecule has 1 saturated carbocycles. The van der Waals surface area contributed by atoms with Crippen molar-refractivity contribution in [3.05, 3.63) is 21.9 Å². The Morgan fingerprint density at radius 1 is 1.56 bits per heavy atom. The minimum Gasteiger partial charge on any atom is -0.395 e. The van der Waals surface area contributed by atoms with Crippen LogP contribution in [0.2, 0.25) is 0 Å². The van der Waals surface area contributed by atoms with Gasteiger partial charge >= 0.3 is 0 Å². The first-order chi connectivity index (χ1) is 8.81. The number of hydrogen-bond donors (Lipinski definition) is 2. The molecule has 1 aliphatic carbocycles. The third-order valence-electron chi connectivity index (χ3n) is 2.87. The topological polar surface area (TPSA) is 49.3 Å². The van der Waals surface area contributed by atoms with E-state index < -0.39 is 0 Å². The van der Waals surface area contributed by atoms with E-state index in [2.05, 4.69) is 17.2 Å². The van der Waals surface area contributed by atoms with Crippen LogP contribution < -0.4 is 5.32 Å². The molecule has 0 aliphatic heterocycles. The number of carbonyl (C=O) groups excluding carboxylic acids is 1. The quantitative estimate of drug-likeness (QED) is 0.798. The number of hydrogen-bond acceptors (Lipinski definition) is 3. The molecule has 3 nitrogen and oxygen atoms in total. The molecule has 0 saturated heterocycles. The van der Waals surface area contributed by atoms with E-state index in [4.69, 9.17) is 5.11 Å². The predicted octanol–water partition coefficient (Wildman–Crippen LogP) is 2.01. The lowest BCUT2D eigenvalue weighted by atomic mass is 10.2. The van der Waals surface area contributed by atoms with Crippen molar-refractivity contribution in [2.24, 2.45) is 5.92 Å². The maximum Gasteiger partial charge on any atom is 0.262 e. The van der Waals surface area contributed by atoms with Gasteiger partial charge in [-0.25, -0.2) is 0 Å². The lowest BCUT2D eigenvalue weighted by molar-refractivity contribution is 0.0956. The van der Waals surface area contributed by atoms with E-state index >= 15 is 0 Å². The molecule has 1 amide bonds. The second-order valence-electron chi connectivity index (χ2n) is 4.43. The minimum absolute atomic E-state index is 0.0288. The van der Waals surface area contributed by atoms with Crippen LogP contribution in [-0.2, 0) is 0 Å². The fraction of sp³-hybridized carbons (Fsp3) is 0.500. The van der Waals surface area contributed by atoms with E-state index in [1.165, 1.54) is 24.2 Å². The molecule has 96 valence electrons. The van der Waals surface area contributed by atoms with Gasteiger partial charge in [-0.1, -0.05) is 24.7 Å². The maximum atomic E-state index is 11.9. The van der Waals surface area contributed by atoms with Gasteiger partial charge in [-0.3, -0.25) is 4.79 Å². The van der Waals surface area contributed by atoms with Crippen LogP contribution in [0.15, 0.2) is 11.4 Å². The van der Waals surface area contributed by atoms with Crippen molar-refractivity contribution < 1.29 is 9.90 Å². The van der Waals surface area contributed by atoms with Gasteiger partial charge in [0.25, 0.3) is 5.91 Å². The number of amides is 1. The molecule has 1 heterocycles. The van der Waals surface area contributed by atoms with Crippen LogP contribution in [0, 0.1) is 17.8 Å². The van der Waals surface area contributed by atoms with Crippen LogP contribution in [0.5, 0.6) is 0 Å². The van der Waals surface area contributed by atoms with E-state index in [0.717, 1.165) is 24.4 Å². The summed E-state index contributed by atoms with van der Waals surface area (Å²) in [6.45, 7) is 0.810. The monoisotopic (exact) mass is 263 g/mol. The number of nitrogens with one attached hydrogen (secondary N) is 1. The van der Waals surface area contributed by atoms with Crippen LogP contribution >= 0.6 is 11.3 Å². The summed E-state index contributed by atoms with van der Waals surface area (Å²) >= 11 is 1.41. The summed E-state index contributed by atoms with van der Waals surface area (Å²) in [7, 11) is 0. The lowest BCUT2D eigenvalue weighted by Crippen LogP contribution is -2.24. The Hall–Kier alpha value is -1.31. The van der Waals surface area contributed by atoms with Crippen molar-refractivity contribution in [2.45, 2.75) is 25.7 Å². The highest BCUT2D eigenvalue weighted by Gasteiger charge is 2.21. The average molecular weight is 263 g/mol. The molecule has 0 spiro atoms. The Labute approximate surface area is 111 Å². The van der Waals surface area contributed by atoms with Crippen molar-refractivity contribution >= 4 is 17.2 Å². The first-order valence-electron chi connectivity index (χ1n) is 6.26. The molecule has 1 aromatic heterocycles. The number of carbonyl (C=O) groups is 1. The van der Waals surface area contributed by atoms with Crippen molar-refractivity contribution in [1.82, 2.24) is 5.32 Å². The first kappa shape index (κ1) is 13.1. The third kappa shape index (κ3) is 3.86. The second-order valence-corrected chi connectivity index (χ2v) is 5.34. The normalized spacial score (nSPS) is 13.8. The molecular formula is C14H17NO2S. The highest BCUT2D eigenvalue weighted by molar-refractivity contribution is 7.12. The van der Waals surface area contributed by atoms with E-state index in [1.807, 2.05) is 11.4 Å². The molecule has 4 heteroatoms. The predicted molar refractivity (Wildman–Crippen MR) is 72.6 cm³/mol. The molecule has 2 N–H and O–H groups in total. The van der Waals surface area contributed by atoms with Crippen molar-refractivity contribution in [1.29, 1.82) is 0 Å². The van der Waals surface area contributed by atoms with Crippen molar-refractivity contribution in [3.8, 4) is 11.8 Å². The number of thiophene rings is 1. The van der Waals surface area contributed by atoms with E-state index in [-0.39, 0.29) is 12.5 Å². The lowest BCUT2D eigenvalue weighted by Gasteiger charge is -2.02. The largest absolute Gasteiger partial charge is 0.395 e. The molecule has 1 fully saturated rings. The van der Waals surface area contributed by atoms with Gasteiger partial charge in [-0.2, -0.15) is 0 Å². The summed E-state index contributed by atoms with van der Waals surface area (Å²) in [4.78, 5) is 12.6. The highest BCUT2D eigenvalue weighted by Crippen LogP contribution is 2.31. The fourth-order valence-electron chi connectivity index (χ4n) is 1.67. The molecule has 0 radical (unpaired) electrons. The van der Waals surface area contributed by atoms with E-state index in [1.54, 1.807) is 0 Å². The van der Waals surface area contributed by atoms with Crippen LogP contribution in [0.4, 0.5) is 0 Å². The summed E-state index contributed by atoms with van der Waals surface area (Å²) in [5, 5.41) is 13.5. The van der Waals surface area contributed by atoms with Crippen LogP contribution in [0.3, 0.4) is 0 Å². The van der Waals surface area contributed by atoms with Gasteiger partial charge in [0.15, 0.2) is 0 Å². The maximum absolute atomic E-state index is 11.9. The van der Waals surface area contributed by atoms with Gasteiger partial charge in [-0.15, -0.1) is 11.3 Å². The molecular weight excluding hydrogens is 246 g/mol. The molecule has 0 atom stereocenters. The van der Waals surface area contributed by atoms with Gasteiger partial charge in [0, 0.05) is 18.5 Å². The zero-order chi connectivity index (χ0) is 12.8. The Morgan fingerprint density at radius 3 is 3.11 bits per heavy atom. The van der Waals surface area contributed by atoms with Crippen LogP contribution in [0.25, 0.3) is 0 Å². The van der Waals surface area contributed by atoms with Crippen LogP contribution in [0.1, 0.15) is 40.9 Å². The van der Waals surface area contributed by atoms with E-state index in [9.17, 15) is 4.79 Å². The van der Waals surface area contributed by atoms with Crippen LogP contribution in [-0.4, -0.2) is 24.2 Å². The molecule has 1 aliphatic rings. The van der Waals surface area contributed by atoms with Gasteiger partial charge in [-0.05, 0) is 23.8 Å². The summed E-state index contributed by atoms with van der Waals surface area (Å²) in [5.74, 6) is 6.57. The number of aliphatic hydroxyl groups is 1. The summed E-state index contributed by atoms with van der Waals surface area (Å²) < 4.78 is 0. The van der Waals surface area contributed by atoms with Gasteiger partial charge in [0.2, 0.25) is 0 Å². The van der Waals surface area contributed by atoms with Gasteiger partial charge in [0.05, 0.1) is 6.61 Å². The zero-order valence-electron chi connectivity index (χ0n) is 10.2. The fourth-order valence-corrected chi connectivity index (χ4v) is 2.44. The SMILES string of the molecule is O=C(NCCC1CC1)c1sccc1C#CCCO. The standard InChI is InChI=1S/C14H17NO2S/c16-9-2-1-3-12-7-10-18-13(12)14(17)15-8-6-11-4-5-11/h7,10-11,16H,2,4-6,8-9H2,(H,15,17). The Kier molecular flexibility index (Phi) is 4.80. The number of rotatable bonds is 5. The highest BCUT2D eigenvalue weighted by atomic mass is 32.1. The molecule has 18 heavy (non-hydrogen) atoms. The second kappa shape index (κ2) is 6.58. The van der Waals surface area contributed by atoms with Gasteiger partial charge < -0.3 is 10.4 Å². The first-order valence-corrected chi connectivity index (χ1v) is 7.14. The Morgan fingerprint density at radius 2 is 2.39 bits per heavy atom. The molecule has 0 unspecified atom stereocenters. The number of aliphatic hydroxyl groups excluding tert-OH is 1. The summed E-state index contributed by atoms with van der Waals surface area (Å²) in [6.07, 6.45) is 4.15. The average Bonchev–Trinajstić information content (AvgIpc) is 3.06. The Bertz CT molecular complexity index is 466. The zero-order valence-corrected chi connectivity index (χ0v) is 11.1. The smallest absolute Gasteiger partial charge is 0.262 e. The third-order valence-corrected chi connectivity index (χ3v) is 3.78. The molecule has 2 rings (SSSR count). The molecule has 0 aromatic carbocycles. The Balaban J connectivity index is 1.88. The molecule has 1 aromatic rings. The summed E-state index contributed by atoms with van der Waals surface area (Å²) in [6, 6.07) is 1.85.